The Hall–Kier alpha value is -1.62. The molecule has 94 valence electrons. The van der Waals surface area contributed by atoms with Crippen LogP contribution < -0.4 is 10.5 Å². The van der Waals surface area contributed by atoms with E-state index in [0.29, 0.717) is 6.54 Å². The van der Waals surface area contributed by atoms with Gasteiger partial charge in [0.25, 0.3) is 5.91 Å². The van der Waals surface area contributed by atoms with Crippen LogP contribution in [0.3, 0.4) is 0 Å². The SMILES string of the molecule is COc1ccc(C(=O)N(C)CC(C)N)cc1F. The molecule has 0 aromatic heterocycles. The lowest BCUT2D eigenvalue weighted by Gasteiger charge is -2.19. The predicted molar refractivity (Wildman–Crippen MR) is 63.6 cm³/mol. The van der Waals surface area contributed by atoms with Gasteiger partial charge in [0.1, 0.15) is 0 Å². The number of nitrogens with two attached hydrogens (primary N) is 1. The number of halogens is 1. The first-order valence-corrected chi connectivity index (χ1v) is 5.30. The Kier molecular flexibility index (Phi) is 4.45. The number of ether oxygens (including phenoxy) is 1. The van der Waals surface area contributed by atoms with Gasteiger partial charge in [0.15, 0.2) is 11.6 Å². The molecule has 1 aromatic rings. The lowest BCUT2D eigenvalue weighted by molar-refractivity contribution is 0.0788. The number of carbonyl (C=O) groups excluding carboxylic acids is 1. The van der Waals surface area contributed by atoms with Crippen LogP contribution in [0.25, 0.3) is 0 Å². The molecule has 17 heavy (non-hydrogen) atoms. The first-order chi connectivity index (χ1) is 7.95. The molecule has 2 N–H and O–H groups in total. The first-order valence-electron chi connectivity index (χ1n) is 5.30. The predicted octanol–water partition coefficient (Wildman–Crippen LogP) is 1.25. The van der Waals surface area contributed by atoms with Crippen molar-refractivity contribution in [2.45, 2.75) is 13.0 Å². The highest BCUT2D eigenvalue weighted by atomic mass is 19.1. The van der Waals surface area contributed by atoms with Crippen molar-refractivity contribution in [1.29, 1.82) is 0 Å². The summed E-state index contributed by atoms with van der Waals surface area (Å²) >= 11 is 0. The molecule has 1 aromatic carbocycles. The van der Waals surface area contributed by atoms with Crippen molar-refractivity contribution in [1.82, 2.24) is 4.90 Å². The number of carbonyl (C=O) groups is 1. The zero-order chi connectivity index (χ0) is 13.0. The molecule has 0 heterocycles. The van der Waals surface area contributed by atoms with E-state index in [9.17, 15) is 9.18 Å². The summed E-state index contributed by atoms with van der Waals surface area (Å²) in [7, 11) is 3.01. The maximum Gasteiger partial charge on any atom is 0.253 e. The third-order valence-corrected chi connectivity index (χ3v) is 2.31. The normalized spacial score (nSPS) is 12.1. The maximum atomic E-state index is 13.4. The van der Waals surface area contributed by atoms with E-state index in [-0.39, 0.29) is 23.3 Å². The fraction of sp³-hybridized carbons (Fsp3) is 0.417. The summed E-state index contributed by atoms with van der Waals surface area (Å²) in [5.41, 5.74) is 5.88. The number of hydrogen-bond acceptors (Lipinski definition) is 3. The van der Waals surface area contributed by atoms with E-state index < -0.39 is 5.82 Å². The van der Waals surface area contributed by atoms with E-state index in [1.807, 2.05) is 0 Å². The number of benzene rings is 1. The fourth-order valence-corrected chi connectivity index (χ4v) is 1.53. The molecule has 0 aliphatic heterocycles. The van der Waals surface area contributed by atoms with Gasteiger partial charge < -0.3 is 15.4 Å². The van der Waals surface area contributed by atoms with Gasteiger partial charge in [-0.2, -0.15) is 0 Å². The van der Waals surface area contributed by atoms with E-state index in [1.54, 1.807) is 14.0 Å². The molecule has 0 aliphatic carbocycles. The quantitative estimate of drug-likeness (QED) is 0.861. The summed E-state index contributed by atoms with van der Waals surface area (Å²) in [5.74, 6) is -0.687. The number of methoxy groups -OCH3 is 1. The highest BCUT2D eigenvalue weighted by molar-refractivity contribution is 5.94. The van der Waals surface area contributed by atoms with Crippen molar-refractivity contribution in [2.24, 2.45) is 5.73 Å². The van der Waals surface area contributed by atoms with E-state index in [4.69, 9.17) is 10.5 Å². The molecule has 1 unspecified atom stereocenters. The molecule has 1 amide bonds. The van der Waals surface area contributed by atoms with Crippen LogP contribution in [0.5, 0.6) is 5.75 Å². The molecular weight excluding hydrogens is 223 g/mol. The van der Waals surface area contributed by atoms with Crippen LogP contribution in [-0.4, -0.2) is 37.6 Å². The van der Waals surface area contributed by atoms with Crippen LogP contribution in [0.1, 0.15) is 17.3 Å². The zero-order valence-corrected chi connectivity index (χ0v) is 10.2. The topological polar surface area (TPSA) is 55.6 Å². The monoisotopic (exact) mass is 240 g/mol. The van der Waals surface area contributed by atoms with Crippen LogP contribution in [0, 0.1) is 5.82 Å². The van der Waals surface area contributed by atoms with Crippen molar-refractivity contribution >= 4 is 5.91 Å². The summed E-state index contributed by atoms with van der Waals surface area (Å²) in [6.07, 6.45) is 0. The number of amides is 1. The Bertz CT molecular complexity index is 407. The Labute approximate surface area is 100 Å². The van der Waals surface area contributed by atoms with Crippen molar-refractivity contribution in [3.63, 3.8) is 0 Å². The molecule has 0 aliphatic rings. The maximum absolute atomic E-state index is 13.4. The minimum Gasteiger partial charge on any atom is -0.494 e. The molecule has 5 heteroatoms. The third kappa shape index (κ3) is 3.42. The van der Waals surface area contributed by atoms with Crippen molar-refractivity contribution < 1.29 is 13.9 Å². The van der Waals surface area contributed by atoms with E-state index >= 15 is 0 Å². The highest BCUT2D eigenvalue weighted by Crippen LogP contribution is 2.18. The molecule has 4 nitrogen and oxygen atoms in total. The number of rotatable bonds is 4. The molecule has 0 spiro atoms. The minimum atomic E-state index is -0.549. The Balaban J connectivity index is 2.86. The van der Waals surface area contributed by atoms with Crippen LogP contribution >= 0.6 is 0 Å². The van der Waals surface area contributed by atoms with Crippen molar-refractivity contribution in [2.75, 3.05) is 20.7 Å². The summed E-state index contributed by atoms with van der Waals surface area (Å²) in [6.45, 7) is 2.23. The fourth-order valence-electron chi connectivity index (χ4n) is 1.53. The third-order valence-electron chi connectivity index (χ3n) is 2.31. The Morgan fingerprint density at radius 3 is 2.71 bits per heavy atom. The summed E-state index contributed by atoms with van der Waals surface area (Å²) in [6, 6.07) is 4.01. The van der Waals surface area contributed by atoms with Crippen LogP contribution in [0.2, 0.25) is 0 Å². The largest absolute Gasteiger partial charge is 0.494 e. The van der Waals surface area contributed by atoms with Gasteiger partial charge in [-0.25, -0.2) is 4.39 Å². The van der Waals surface area contributed by atoms with Crippen molar-refractivity contribution in [3.05, 3.63) is 29.6 Å². The molecule has 0 bridgehead atoms. The summed E-state index contributed by atoms with van der Waals surface area (Å²) in [4.78, 5) is 13.4. The van der Waals surface area contributed by atoms with Gasteiger partial charge >= 0.3 is 0 Å². The van der Waals surface area contributed by atoms with Crippen LogP contribution in [0.15, 0.2) is 18.2 Å². The van der Waals surface area contributed by atoms with Gasteiger partial charge in [-0.1, -0.05) is 0 Å². The van der Waals surface area contributed by atoms with Gasteiger partial charge in [-0.05, 0) is 25.1 Å². The van der Waals surface area contributed by atoms with Crippen LogP contribution in [0.4, 0.5) is 4.39 Å². The van der Waals surface area contributed by atoms with Gasteiger partial charge in [-0.3, -0.25) is 4.79 Å². The minimum absolute atomic E-state index is 0.118. The molecule has 0 saturated heterocycles. The summed E-state index contributed by atoms with van der Waals surface area (Å²) in [5, 5.41) is 0. The second kappa shape index (κ2) is 5.63. The van der Waals surface area contributed by atoms with E-state index in [1.165, 1.54) is 30.2 Å². The number of hydrogen-bond donors (Lipinski definition) is 1. The molecular formula is C12H17FN2O2. The molecule has 0 saturated carbocycles. The molecule has 0 radical (unpaired) electrons. The first kappa shape index (κ1) is 13.4. The molecule has 1 atom stereocenters. The lowest BCUT2D eigenvalue weighted by Crippen LogP contribution is -2.36. The number of nitrogens with zero attached hydrogens (tertiary/aromatic N) is 1. The van der Waals surface area contributed by atoms with Gasteiger partial charge in [-0.15, -0.1) is 0 Å². The van der Waals surface area contributed by atoms with E-state index in [2.05, 4.69) is 0 Å². The van der Waals surface area contributed by atoms with Gasteiger partial charge in [0.05, 0.1) is 7.11 Å². The summed E-state index contributed by atoms with van der Waals surface area (Å²) < 4.78 is 18.2. The smallest absolute Gasteiger partial charge is 0.253 e. The van der Waals surface area contributed by atoms with Gasteiger partial charge in [0, 0.05) is 25.2 Å². The van der Waals surface area contributed by atoms with Crippen LogP contribution in [-0.2, 0) is 0 Å². The average molecular weight is 240 g/mol. The second-order valence-corrected chi connectivity index (χ2v) is 4.01. The van der Waals surface area contributed by atoms with Crippen molar-refractivity contribution in [3.8, 4) is 5.75 Å². The molecule has 0 fully saturated rings. The molecule has 1 rings (SSSR count). The number of likely N-dealkylation sites (N-methyl/N-ethyl adjacent to an activating group) is 1. The lowest BCUT2D eigenvalue weighted by atomic mass is 10.1. The van der Waals surface area contributed by atoms with E-state index in [0.717, 1.165) is 0 Å². The average Bonchev–Trinajstić information content (AvgIpc) is 2.27. The Morgan fingerprint density at radius 1 is 1.59 bits per heavy atom. The standard InChI is InChI=1S/C12H17FN2O2/c1-8(14)7-15(2)12(16)9-4-5-11(17-3)10(13)6-9/h4-6,8H,7,14H2,1-3H3. The highest BCUT2D eigenvalue weighted by Gasteiger charge is 2.15. The zero-order valence-electron chi connectivity index (χ0n) is 10.2. The Morgan fingerprint density at radius 2 is 2.24 bits per heavy atom. The van der Waals surface area contributed by atoms with Gasteiger partial charge in [0.2, 0.25) is 0 Å². The second-order valence-electron chi connectivity index (χ2n) is 4.01.